The van der Waals surface area contributed by atoms with Gasteiger partial charge in [0.25, 0.3) is 5.19 Å². The predicted molar refractivity (Wildman–Crippen MR) is 179 cm³/mol. The molecule has 264 valence electrons. The lowest BCUT2D eigenvalue weighted by atomic mass is 10.1. The average molecular weight is 766 g/mol. The number of ether oxygens (including phenoxy) is 5. The number of piperidine rings is 2. The van der Waals surface area contributed by atoms with Crippen molar-refractivity contribution in [2.45, 2.75) is 90.6 Å². The normalized spacial score (nSPS) is 15.7. The average Bonchev–Trinajstić information content (AvgIpc) is 3.65. The van der Waals surface area contributed by atoms with Crippen molar-refractivity contribution in [2.24, 2.45) is 0 Å². The smallest absolute Gasteiger partial charge is 0.410 e. The summed E-state index contributed by atoms with van der Waals surface area (Å²) in [5.74, 6) is -0.764. The molecule has 0 atom stereocenters. The number of amides is 2. The number of rotatable bonds is 4. The van der Waals surface area contributed by atoms with Gasteiger partial charge in [0.05, 0.1) is 32.7 Å². The van der Waals surface area contributed by atoms with Crippen LogP contribution in [0.5, 0.6) is 5.19 Å². The number of nitrogens with zero attached hydrogens (tertiary/aromatic N) is 4. The Morgan fingerprint density at radius 2 is 1.19 bits per heavy atom. The number of aliphatic hydroxyl groups excluding tert-OH is 1. The van der Waals surface area contributed by atoms with E-state index in [4.69, 9.17) is 14.2 Å². The maximum Gasteiger partial charge on any atom is 0.410 e. The highest BCUT2D eigenvalue weighted by atomic mass is 79.9. The molecule has 2 amide bonds. The van der Waals surface area contributed by atoms with Crippen molar-refractivity contribution in [3.63, 3.8) is 0 Å². The maximum atomic E-state index is 12.0. The zero-order chi connectivity index (χ0) is 35.4. The fraction of sp³-hybridized carbons (Fsp3) is 0.667. The van der Waals surface area contributed by atoms with Crippen molar-refractivity contribution in [2.75, 3.05) is 40.4 Å². The van der Waals surface area contributed by atoms with Crippen LogP contribution in [0.4, 0.5) is 9.59 Å². The second kappa shape index (κ2) is 18.5. The topological polar surface area (TPSA) is 167 Å². The van der Waals surface area contributed by atoms with Gasteiger partial charge in [0.1, 0.15) is 27.1 Å². The van der Waals surface area contributed by atoms with E-state index in [2.05, 4.69) is 35.4 Å². The van der Waals surface area contributed by atoms with Gasteiger partial charge < -0.3 is 38.6 Å². The van der Waals surface area contributed by atoms with Gasteiger partial charge in [-0.05, 0) is 70.3 Å². The molecule has 0 saturated carbocycles. The lowest BCUT2D eigenvalue weighted by Crippen LogP contribution is -2.44. The number of methoxy groups -OCH3 is 2. The summed E-state index contributed by atoms with van der Waals surface area (Å²) < 4.78 is 26.1. The van der Waals surface area contributed by atoms with Crippen LogP contribution in [0.1, 0.15) is 86.6 Å². The highest BCUT2D eigenvalue weighted by Gasteiger charge is 2.29. The molecule has 0 bridgehead atoms. The van der Waals surface area contributed by atoms with Crippen LogP contribution in [0.15, 0.2) is 16.3 Å². The number of aromatic nitrogens is 2. The molecular weight excluding hydrogens is 720 g/mol. The van der Waals surface area contributed by atoms with Gasteiger partial charge in [-0.25, -0.2) is 29.1 Å². The molecule has 4 rings (SSSR count). The van der Waals surface area contributed by atoms with Crippen molar-refractivity contribution < 1.29 is 48.0 Å². The Morgan fingerprint density at radius 1 is 0.766 bits per heavy atom. The number of carbonyl (C=O) groups excluding carboxylic acids is 4. The van der Waals surface area contributed by atoms with E-state index >= 15 is 0 Å². The van der Waals surface area contributed by atoms with Crippen LogP contribution in [0.2, 0.25) is 0 Å². The van der Waals surface area contributed by atoms with Crippen molar-refractivity contribution in [1.82, 2.24) is 19.8 Å². The van der Waals surface area contributed by atoms with Crippen LogP contribution in [-0.2, 0) is 18.9 Å². The van der Waals surface area contributed by atoms with E-state index in [9.17, 15) is 24.3 Å². The molecule has 2 aromatic rings. The fourth-order valence-electron chi connectivity index (χ4n) is 3.96. The van der Waals surface area contributed by atoms with Crippen molar-refractivity contribution in [3.05, 3.63) is 26.1 Å². The molecule has 14 nitrogen and oxygen atoms in total. The molecule has 0 unspecified atom stereocenters. The lowest BCUT2D eigenvalue weighted by molar-refractivity contribution is 0.00958. The number of carbonyl (C=O) groups is 4. The molecule has 2 aliphatic heterocycles. The third kappa shape index (κ3) is 15.2. The second-order valence-electron chi connectivity index (χ2n) is 12.4. The number of likely N-dealkylation sites (tertiary alicyclic amines) is 2. The molecular formula is C30H45BrN4O10S2. The Morgan fingerprint density at radius 3 is 1.60 bits per heavy atom. The van der Waals surface area contributed by atoms with Gasteiger partial charge >= 0.3 is 24.1 Å². The van der Waals surface area contributed by atoms with Crippen LogP contribution in [0.3, 0.4) is 0 Å². The van der Waals surface area contributed by atoms with Crippen molar-refractivity contribution >= 4 is 62.7 Å². The molecule has 1 N–H and O–H groups in total. The summed E-state index contributed by atoms with van der Waals surface area (Å²) in [7, 11) is 2.67. The third-order valence-electron chi connectivity index (χ3n) is 6.21. The van der Waals surface area contributed by atoms with E-state index < -0.39 is 17.2 Å². The number of esters is 2. The van der Waals surface area contributed by atoms with Gasteiger partial charge in [0.15, 0.2) is 3.92 Å². The quantitative estimate of drug-likeness (QED) is 0.295. The zero-order valence-corrected chi connectivity index (χ0v) is 31.3. The largest absolute Gasteiger partial charge is 0.467 e. The first kappa shape index (κ1) is 40.2. The van der Waals surface area contributed by atoms with Gasteiger partial charge in [-0.3, -0.25) is 0 Å². The Hall–Kier alpha value is -3.02. The summed E-state index contributed by atoms with van der Waals surface area (Å²) in [5.41, 5.74) is -0.928. The molecule has 0 aliphatic carbocycles. The van der Waals surface area contributed by atoms with Crippen LogP contribution in [0, 0.1) is 0 Å². The summed E-state index contributed by atoms with van der Waals surface area (Å²) in [6.45, 7) is 13.4. The summed E-state index contributed by atoms with van der Waals surface area (Å²) in [5, 5.41) is 9.71. The van der Waals surface area contributed by atoms with E-state index in [1.807, 2.05) is 41.5 Å². The molecule has 2 aromatic heterocycles. The SMILES string of the molecule is CC(C)(C)OC(=O)N1CCC(O)CC1.COC(=O)c1cnc(Br)s1.COC(=O)c1cnc(OC2CCN(C(=O)OC(C)(C)C)CC2)s1. The first-order valence-corrected chi connectivity index (χ1v) is 17.4. The Bertz CT molecular complexity index is 1310. The second-order valence-corrected chi connectivity index (χ2v) is 15.7. The summed E-state index contributed by atoms with van der Waals surface area (Å²) in [6, 6.07) is 0. The standard InChI is InChI=1S/C15H22N2O5S.C10H19NO3.C5H4BrNO2S/c1-15(2,3)22-14(19)17-7-5-10(6-8-17)21-13-16-9-11(23-13)12(18)20-4;1-10(2,3)14-9(13)11-6-4-8(12)5-7-11;1-9-4(8)3-2-7-5(6)10-3/h9-10H,5-8H2,1-4H3;8,12H,4-7H2,1-3H3;2H,1H3. The number of thiazole rings is 2. The number of hydrogen-bond donors (Lipinski definition) is 1. The maximum absolute atomic E-state index is 12.0. The van der Waals surface area contributed by atoms with E-state index in [0.717, 1.165) is 11.3 Å². The molecule has 2 saturated heterocycles. The van der Waals surface area contributed by atoms with Crippen LogP contribution >= 0.6 is 38.6 Å². The monoisotopic (exact) mass is 764 g/mol. The molecule has 17 heteroatoms. The van der Waals surface area contributed by atoms with Gasteiger partial charge in [0, 0.05) is 39.0 Å². The summed E-state index contributed by atoms with van der Waals surface area (Å²) >= 11 is 5.54. The minimum Gasteiger partial charge on any atom is -0.467 e. The molecule has 0 spiro atoms. The molecule has 0 aromatic carbocycles. The first-order valence-electron chi connectivity index (χ1n) is 14.9. The number of hydrogen-bond acceptors (Lipinski definition) is 14. The lowest BCUT2D eigenvalue weighted by Gasteiger charge is -2.33. The Balaban J connectivity index is 0.000000271. The van der Waals surface area contributed by atoms with E-state index in [0.29, 0.717) is 70.7 Å². The Kier molecular flexibility index (Phi) is 15.8. The minimum absolute atomic E-state index is 0.0228. The fourth-order valence-corrected chi connectivity index (χ4v) is 5.89. The predicted octanol–water partition coefficient (Wildman–Crippen LogP) is 5.78. The summed E-state index contributed by atoms with van der Waals surface area (Å²) in [6.07, 6.45) is 4.78. The zero-order valence-electron chi connectivity index (χ0n) is 28.1. The van der Waals surface area contributed by atoms with Crippen LogP contribution in [-0.4, -0.2) is 113 Å². The van der Waals surface area contributed by atoms with Crippen LogP contribution < -0.4 is 4.74 Å². The van der Waals surface area contributed by atoms with Gasteiger partial charge in [-0.15, -0.1) is 11.3 Å². The molecule has 2 fully saturated rings. The van der Waals surface area contributed by atoms with Crippen LogP contribution in [0.25, 0.3) is 0 Å². The van der Waals surface area contributed by atoms with E-state index in [1.165, 1.54) is 38.0 Å². The van der Waals surface area contributed by atoms with Crippen molar-refractivity contribution in [3.8, 4) is 5.19 Å². The van der Waals surface area contributed by atoms with Gasteiger partial charge in [-0.1, -0.05) is 11.3 Å². The minimum atomic E-state index is -0.490. The number of aliphatic hydroxyl groups is 1. The highest BCUT2D eigenvalue weighted by molar-refractivity contribution is 9.11. The van der Waals surface area contributed by atoms with Gasteiger partial charge in [0.2, 0.25) is 0 Å². The van der Waals surface area contributed by atoms with Crippen molar-refractivity contribution in [1.29, 1.82) is 0 Å². The first-order chi connectivity index (χ1) is 21.9. The van der Waals surface area contributed by atoms with E-state index in [1.54, 1.807) is 9.80 Å². The number of halogens is 1. The van der Waals surface area contributed by atoms with E-state index in [-0.39, 0.29) is 30.4 Å². The Labute approximate surface area is 291 Å². The summed E-state index contributed by atoms with van der Waals surface area (Å²) in [4.78, 5) is 57.8. The molecule has 0 radical (unpaired) electrons. The molecule has 47 heavy (non-hydrogen) atoms. The highest BCUT2D eigenvalue weighted by Crippen LogP contribution is 2.25. The third-order valence-corrected chi connectivity index (χ3v) is 8.54. The molecule has 2 aliphatic rings. The molecule has 4 heterocycles. The van der Waals surface area contributed by atoms with Gasteiger partial charge in [-0.2, -0.15) is 0 Å².